The van der Waals surface area contributed by atoms with Crippen LogP contribution in [-0.2, 0) is 0 Å². The molecule has 2 aromatic rings. The molecule has 0 saturated heterocycles. The van der Waals surface area contributed by atoms with E-state index in [4.69, 9.17) is 16.7 Å². The summed E-state index contributed by atoms with van der Waals surface area (Å²) in [4.78, 5) is 33.4. The van der Waals surface area contributed by atoms with Crippen molar-refractivity contribution < 1.29 is 19.6 Å². The minimum absolute atomic E-state index is 0.0235. The van der Waals surface area contributed by atoms with Gasteiger partial charge in [-0.15, -0.1) is 0 Å². The third kappa shape index (κ3) is 3.64. The van der Waals surface area contributed by atoms with E-state index in [1.54, 1.807) is 0 Å². The van der Waals surface area contributed by atoms with Gasteiger partial charge >= 0.3 is 5.97 Å². The largest absolute Gasteiger partial charge is 0.478 e. The number of aryl methyl sites for hydroxylation is 1. The molecule has 0 heterocycles. The number of nitrogens with one attached hydrogen (secondary N) is 1. The zero-order valence-corrected chi connectivity index (χ0v) is 12.6. The number of amides is 1. The van der Waals surface area contributed by atoms with Crippen molar-refractivity contribution in [1.29, 1.82) is 0 Å². The number of nitro benzene ring substituents is 1. The van der Waals surface area contributed by atoms with Crippen LogP contribution in [0.3, 0.4) is 0 Å². The van der Waals surface area contributed by atoms with Gasteiger partial charge in [0.2, 0.25) is 0 Å². The van der Waals surface area contributed by atoms with Crippen LogP contribution in [0.25, 0.3) is 0 Å². The normalized spacial score (nSPS) is 10.2. The fraction of sp³-hybridized carbons (Fsp3) is 0.0667. The van der Waals surface area contributed by atoms with Crippen molar-refractivity contribution in [1.82, 2.24) is 0 Å². The number of hydrogen-bond donors (Lipinski definition) is 2. The van der Waals surface area contributed by atoms with Crippen LogP contribution in [0, 0.1) is 17.0 Å². The van der Waals surface area contributed by atoms with Gasteiger partial charge in [0.15, 0.2) is 0 Å². The molecule has 2 N–H and O–H groups in total. The van der Waals surface area contributed by atoms with E-state index in [1.165, 1.54) is 43.3 Å². The third-order valence-corrected chi connectivity index (χ3v) is 3.45. The molecular formula is C15H11ClN2O5. The van der Waals surface area contributed by atoms with Crippen LogP contribution < -0.4 is 5.32 Å². The number of rotatable bonds is 4. The summed E-state index contributed by atoms with van der Waals surface area (Å²) in [5, 5.41) is 22.4. The molecule has 2 rings (SSSR count). The molecule has 0 spiro atoms. The van der Waals surface area contributed by atoms with Crippen molar-refractivity contribution in [2.75, 3.05) is 5.32 Å². The topological polar surface area (TPSA) is 110 Å². The number of carboxylic acids is 1. The molecule has 0 aliphatic rings. The Bertz CT molecular complexity index is 820. The monoisotopic (exact) mass is 334 g/mol. The number of hydrogen-bond acceptors (Lipinski definition) is 4. The van der Waals surface area contributed by atoms with Gasteiger partial charge in [0.05, 0.1) is 21.2 Å². The first-order valence-corrected chi connectivity index (χ1v) is 6.76. The average molecular weight is 335 g/mol. The highest BCUT2D eigenvalue weighted by molar-refractivity contribution is 6.34. The molecule has 2 aromatic carbocycles. The quantitative estimate of drug-likeness (QED) is 0.656. The van der Waals surface area contributed by atoms with E-state index in [0.717, 1.165) is 0 Å². The summed E-state index contributed by atoms with van der Waals surface area (Å²) in [5.41, 5.74) is 0.572. The Hall–Kier alpha value is -2.93. The maximum Gasteiger partial charge on any atom is 0.335 e. The number of nitro groups is 1. The molecule has 1 amide bonds. The van der Waals surface area contributed by atoms with Crippen LogP contribution in [0.15, 0.2) is 36.4 Å². The number of anilines is 1. The number of aromatic carboxylic acids is 1. The SMILES string of the molecule is Cc1cc(C(=O)Nc2cc(C(=O)O)ccc2Cl)ccc1[N+](=O)[O-]. The molecule has 0 radical (unpaired) electrons. The van der Waals surface area contributed by atoms with Gasteiger partial charge in [0.1, 0.15) is 0 Å². The Morgan fingerprint density at radius 3 is 2.39 bits per heavy atom. The first-order chi connectivity index (χ1) is 10.8. The standard InChI is InChI=1S/C15H11ClN2O5/c1-8-6-9(3-5-13(8)18(22)23)14(19)17-12-7-10(15(20)21)2-4-11(12)16/h2-7H,1H3,(H,17,19)(H,20,21). The lowest BCUT2D eigenvalue weighted by molar-refractivity contribution is -0.385. The lowest BCUT2D eigenvalue weighted by Crippen LogP contribution is -2.13. The predicted molar refractivity (Wildman–Crippen MR) is 84.2 cm³/mol. The van der Waals surface area contributed by atoms with Gasteiger partial charge in [-0.1, -0.05) is 11.6 Å². The highest BCUT2D eigenvalue weighted by Crippen LogP contribution is 2.25. The van der Waals surface area contributed by atoms with E-state index < -0.39 is 16.8 Å². The molecule has 0 unspecified atom stereocenters. The predicted octanol–water partition coefficient (Wildman–Crippen LogP) is 3.51. The average Bonchev–Trinajstić information content (AvgIpc) is 2.48. The van der Waals surface area contributed by atoms with Crippen LogP contribution in [0.1, 0.15) is 26.3 Å². The second kappa shape index (κ2) is 6.45. The zero-order valence-electron chi connectivity index (χ0n) is 11.9. The Morgan fingerprint density at radius 1 is 1.17 bits per heavy atom. The summed E-state index contributed by atoms with van der Waals surface area (Å²) in [7, 11) is 0. The van der Waals surface area contributed by atoms with E-state index >= 15 is 0 Å². The first-order valence-electron chi connectivity index (χ1n) is 6.39. The van der Waals surface area contributed by atoms with Gasteiger partial charge < -0.3 is 10.4 Å². The molecule has 0 fully saturated rings. The number of nitrogens with zero attached hydrogens (tertiary/aromatic N) is 1. The number of carbonyl (C=O) groups excluding carboxylic acids is 1. The molecule has 0 bridgehead atoms. The van der Waals surface area contributed by atoms with Crippen molar-refractivity contribution >= 4 is 34.9 Å². The second-order valence-electron chi connectivity index (χ2n) is 4.71. The number of halogens is 1. The lowest BCUT2D eigenvalue weighted by Gasteiger charge is -2.09. The van der Waals surface area contributed by atoms with Gasteiger partial charge in [-0.2, -0.15) is 0 Å². The lowest BCUT2D eigenvalue weighted by atomic mass is 10.1. The highest BCUT2D eigenvalue weighted by Gasteiger charge is 2.15. The molecular weight excluding hydrogens is 324 g/mol. The minimum atomic E-state index is -1.15. The van der Waals surface area contributed by atoms with Crippen LogP contribution in [0.4, 0.5) is 11.4 Å². The zero-order chi connectivity index (χ0) is 17.1. The molecule has 0 saturated carbocycles. The van der Waals surface area contributed by atoms with Crippen molar-refractivity contribution in [2.45, 2.75) is 6.92 Å². The molecule has 0 aliphatic carbocycles. The van der Waals surface area contributed by atoms with Gasteiger partial charge in [0.25, 0.3) is 11.6 Å². The van der Waals surface area contributed by atoms with Crippen molar-refractivity contribution in [2.24, 2.45) is 0 Å². The number of carboxylic acid groups (broad SMARTS) is 1. The first kappa shape index (κ1) is 16.4. The fourth-order valence-corrected chi connectivity index (χ4v) is 2.11. The number of carbonyl (C=O) groups is 2. The summed E-state index contributed by atoms with van der Waals surface area (Å²) in [5.74, 6) is -1.70. The summed E-state index contributed by atoms with van der Waals surface area (Å²) < 4.78 is 0. The van der Waals surface area contributed by atoms with Gasteiger partial charge in [-0.05, 0) is 37.3 Å². The molecule has 8 heteroatoms. The Labute approximate surface area is 135 Å². The van der Waals surface area contributed by atoms with Crippen molar-refractivity contribution in [3.8, 4) is 0 Å². The summed E-state index contributed by atoms with van der Waals surface area (Å²) in [6, 6.07) is 7.84. The smallest absolute Gasteiger partial charge is 0.335 e. The molecule has 0 aliphatic heterocycles. The van der Waals surface area contributed by atoms with Crippen molar-refractivity contribution in [3.05, 3.63) is 68.2 Å². The molecule has 0 atom stereocenters. The van der Waals surface area contributed by atoms with E-state index in [2.05, 4.69) is 5.32 Å². The maximum absolute atomic E-state index is 12.2. The van der Waals surface area contributed by atoms with Crippen LogP contribution in [0.2, 0.25) is 5.02 Å². The minimum Gasteiger partial charge on any atom is -0.478 e. The van der Waals surface area contributed by atoms with E-state index in [0.29, 0.717) is 5.56 Å². The van der Waals surface area contributed by atoms with E-state index in [9.17, 15) is 19.7 Å². The van der Waals surface area contributed by atoms with Gasteiger partial charge in [-0.25, -0.2) is 4.79 Å². The van der Waals surface area contributed by atoms with Gasteiger partial charge in [0, 0.05) is 17.2 Å². The van der Waals surface area contributed by atoms with Crippen LogP contribution in [0.5, 0.6) is 0 Å². The summed E-state index contributed by atoms with van der Waals surface area (Å²) in [6.07, 6.45) is 0. The van der Waals surface area contributed by atoms with Gasteiger partial charge in [-0.3, -0.25) is 14.9 Å². The van der Waals surface area contributed by atoms with Crippen LogP contribution >= 0.6 is 11.6 Å². The van der Waals surface area contributed by atoms with Crippen LogP contribution in [-0.4, -0.2) is 21.9 Å². The Kier molecular flexibility index (Phi) is 4.61. The van der Waals surface area contributed by atoms with E-state index in [1.807, 2.05) is 0 Å². The molecule has 0 aromatic heterocycles. The Morgan fingerprint density at radius 2 is 1.83 bits per heavy atom. The summed E-state index contributed by atoms with van der Waals surface area (Å²) in [6.45, 7) is 1.52. The second-order valence-corrected chi connectivity index (χ2v) is 5.12. The molecule has 118 valence electrons. The summed E-state index contributed by atoms with van der Waals surface area (Å²) >= 11 is 5.93. The van der Waals surface area contributed by atoms with E-state index in [-0.39, 0.29) is 27.5 Å². The molecule has 7 nitrogen and oxygen atoms in total. The van der Waals surface area contributed by atoms with Crippen molar-refractivity contribution in [3.63, 3.8) is 0 Å². The Balaban J connectivity index is 2.29. The maximum atomic E-state index is 12.2. The highest BCUT2D eigenvalue weighted by atomic mass is 35.5. The number of benzene rings is 2. The fourth-order valence-electron chi connectivity index (χ4n) is 1.95. The third-order valence-electron chi connectivity index (χ3n) is 3.12. The molecule has 23 heavy (non-hydrogen) atoms.